The molecular formula is C16H39CsNO+. The van der Waals surface area contributed by atoms with E-state index in [0.29, 0.717) is 0 Å². The van der Waals surface area contributed by atoms with Crippen LogP contribution >= 0.6 is 0 Å². The van der Waals surface area contributed by atoms with Crippen molar-refractivity contribution in [1.29, 1.82) is 0 Å². The van der Waals surface area contributed by atoms with E-state index in [4.69, 9.17) is 0 Å². The molecule has 0 aromatic heterocycles. The van der Waals surface area contributed by atoms with Gasteiger partial charge in [0, 0.05) is 0 Å². The van der Waals surface area contributed by atoms with E-state index < -0.39 is 0 Å². The van der Waals surface area contributed by atoms with Gasteiger partial charge in [0.1, 0.15) is 0 Å². The molecule has 0 aliphatic carbocycles. The van der Waals surface area contributed by atoms with Crippen molar-refractivity contribution in [1.82, 2.24) is 0 Å². The monoisotopic (exact) mass is 394 g/mol. The number of hydrogen-bond donors (Lipinski definition) is 0. The van der Waals surface area contributed by atoms with Gasteiger partial charge >= 0.3 is 68.9 Å². The summed E-state index contributed by atoms with van der Waals surface area (Å²) in [6.07, 6.45) is 11.1. The van der Waals surface area contributed by atoms with Crippen molar-refractivity contribution < 1.29 is 80.3 Å². The van der Waals surface area contributed by atoms with Crippen LogP contribution in [0.2, 0.25) is 0 Å². The van der Waals surface area contributed by atoms with Gasteiger partial charge in [-0.3, -0.25) is 0 Å². The van der Waals surface area contributed by atoms with Gasteiger partial charge in [0.15, 0.2) is 0 Å². The maximum absolute atomic E-state index is 2.33. The standard InChI is InChI=1S/C16H36N.Cs.H2O.H/c1-5-9-13-17(14-10-6-2,15-11-7-3)16-12-8-4;;;/h5-16H2,1-4H3;;1H2;/q2*+1;;-1. The van der Waals surface area contributed by atoms with E-state index in [1.807, 2.05) is 0 Å². The Morgan fingerprint density at radius 1 is 0.579 bits per heavy atom. The summed E-state index contributed by atoms with van der Waals surface area (Å²) in [4.78, 5) is 0. The van der Waals surface area contributed by atoms with Crippen molar-refractivity contribution in [3.8, 4) is 0 Å². The fourth-order valence-electron chi connectivity index (χ4n) is 2.64. The minimum absolute atomic E-state index is 0. The minimum Gasteiger partial charge on any atom is -1.00 e. The molecule has 0 heterocycles. The van der Waals surface area contributed by atoms with Crippen LogP contribution in [0.3, 0.4) is 0 Å². The van der Waals surface area contributed by atoms with Gasteiger partial charge < -0.3 is 11.4 Å². The van der Waals surface area contributed by atoms with Gasteiger partial charge in [-0.15, -0.1) is 0 Å². The maximum Gasteiger partial charge on any atom is 1.00 e. The Morgan fingerprint density at radius 2 is 0.789 bits per heavy atom. The molecule has 0 atom stereocenters. The zero-order valence-electron chi connectivity index (χ0n) is 15.4. The van der Waals surface area contributed by atoms with Crippen LogP contribution in [0, 0.1) is 0 Å². The van der Waals surface area contributed by atoms with E-state index in [9.17, 15) is 0 Å². The number of nitrogens with zero attached hydrogens (tertiary/aromatic N) is 1. The molecule has 114 valence electrons. The van der Waals surface area contributed by atoms with Gasteiger partial charge in [0.05, 0.1) is 26.2 Å². The van der Waals surface area contributed by atoms with Gasteiger partial charge in [-0.1, -0.05) is 53.4 Å². The molecule has 0 saturated carbocycles. The van der Waals surface area contributed by atoms with Crippen LogP contribution in [0.1, 0.15) is 80.5 Å². The number of unbranched alkanes of at least 4 members (excludes halogenated alkanes) is 4. The molecule has 2 nitrogen and oxygen atoms in total. The third kappa shape index (κ3) is 13.4. The Balaban J connectivity index is -0.000000427. The number of hydrogen-bond acceptors (Lipinski definition) is 0. The molecule has 0 aliphatic rings. The molecule has 0 rings (SSSR count). The van der Waals surface area contributed by atoms with E-state index in [1.54, 1.807) is 0 Å². The van der Waals surface area contributed by atoms with Crippen molar-refractivity contribution >= 4 is 0 Å². The summed E-state index contributed by atoms with van der Waals surface area (Å²) in [6, 6.07) is 0. The first-order valence-corrected chi connectivity index (χ1v) is 8.09. The van der Waals surface area contributed by atoms with Crippen molar-refractivity contribution in [3.05, 3.63) is 0 Å². The van der Waals surface area contributed by atoms with Crippen LogP contribution in [-0.2, 0) is 0 Å². The first kappa shape index (κ1) is 25.9. The van der Waals surface area contributed by atoms with Crippen LogP contribution in [0.15, 0.2) is 0 Å². The Kier molecular flexibility index (Phi) is 24.6. The van der Waals surface area contributed by atoms with E-state index in [0.717, 1.165) is 0 Å². The Labute approximate surface area is 182 Å². The summed E-state index contributed by atoms with van der Waals surface area (Å²) in [5.41, 5.74) is 0. The van der Waals surface area contributed by atoms with Crippen molar-refractivity contribution in [2.75, 3.05) is 26.2 Å². The quantitative estimate of drug-likeness (QED) is 0.447. The molecule has 0 bridgehead atoms. The normalized spacial score (nSPS) is 10.7. The molecule has 0 aromatic rings. The molecule has 0 saturated heterocycles. The molecular weight excluding hydrogens is 355 g/mol. The topological polar surface area (TPSA) is 31.5 Å². The second-order valence-corrected chi connectivity index (χ2v) is 5.65. The third-order valence-corrected chi connectivity index (χ3v) is 3.94. The zero-order chi connectivity index (χ0) is 13.0. The Morgan fingerprint density at radius 3 is 0.947 bits per heavy atom. The summed E-state index contributed by atoms with van der Waals surface area (Å²) >= 11 is 0. The first-order valence-electron chi connectivity index (χ1n) is 8.09. The molecule has 2 N–H and O–H groups in total. The van der Waals surface area contributed by atoms with Crippen LogP contribution < -0.4 is 68.9 Å². The molecule has 0 spiro atoms. The van der Waals surface area contributed by atoms with Gasteiger partial charge in [0.25, 0.3) is 0 Å². The summed E-state index contributed by atoms with van der Waals surface area (Å²) in [7, 11) is 0. The molecule has 0 radical (unpaired) electrons. The molecule has 3 heteroatoms. The summed E-state index contributed by atoms with van der Waals surface area (Å²) in [5.74, 6) is 0. The van der Waals surface area contributed by atoms with Gasteiger partial charge in [-0.2, -0.15) is 0 Å². The van der Waals surface area contributed by atoms with Crippen molar-refractivity contribution in [2.45, 2.75) is 79.1 Å². The number of quaternary nitrogens is 1. The molecule has 19 heavy (non-hydrogen) atoms. The third-order valence-electron chi connectivity index (χ3n) is 3.94. The molecule has 0 aromatic carbocycles. The SMILES string of the molecule is CCCC[N+](CCCC)(CCCC)CCCC.O.[Cs+].[H-]. The van der Waals surface area contributed by atoms with Crippen LogP contribution in [0.4, 0.5) is 0 Å². The number of rotatable bonds is 12. The van der Waals surface area contributed by atoms with Crippen molar-refractivity contribution in [2.24, 2.45) is 0 Å². The fraction of sp³-hybridized carbons (Fsp3) is 1.00. The summed E-state index contributed by atoms with van der Waals surface area (Å²) in [5, 5.41) is 0. The average Bonchev–Trinajstić information content (AvgIpc) is 2.37. The van der Waals surface area contributed by atoms with Crippen LogP contribution in [0.25, 0.3) is 0 Å². The van der Waals surface area contributed by atoms with Gasteiger partial charge in [-0.05, 0) is 25.7 Å². The smallest absolute Gasteiger partial charge is 1.00 e. The maximum atomic E-state index is 2.33. The Hall–Kier alpha value is 1.97. The van der Waals surface area contributed by atoms with E-state index in [2.05, 4.69) is 27.7 Å². The van der Waals surface area contributed by atoms with Gasteiger partial charge in [-0.25, -0.2) is 0 Å². The first-order chi connectivity index (χ1) is 8.24. The second-order valence-electron chi connectivity index (χ2n) is 5.65. The zero-order valence-corrected chi connectivity index (χ0v) is 20.7. The fourth-order valence-corrected chi connectivity index (χ4v) is 2.64. The van der Waals surface area contributed by atoms with E-state index >= 15 is 0 Å². The Bertz CT molecular complexity index is 133. The van der Waals surface area contributed by atoms with E-state index in [-0.39, 0.29) is 75.8 Å². The molecule has 0 amide bonds. The molecule has 0 aliphatic heterocycles. The second kappa shape index (κ2) is 18.0. The molecule has 0 unspecified atom stereocenters. The predicted octanol–water partition coefficient (Wildman–Crippen LogP) is 1.30. The summed E-state index contributed by atoms with van der Waals surface area (Å²) in [6.45, 7) is 15.0. The van der Waals surface area contributed by atoms with Crippen molar-refractivity contribution in [3.63, 3.8) is 0 Å². The average molecular weight is 394 g/mol. The van der Waals surface area contributed by atoms with E-state index in [1.165, 1.54) is 82.0 Å². The minimum atomic E-state index is 0. The largest absolute Gasteiger partial charge is 1.00 e. The predicted molar refractivity (Wildman–Crippen MR) is 84.1 cm³/mol. The van der Waals surface area contributed by atoms with Crippen LogP contribution in [-0.4, -0.2) is 36.1 Å². The van der Waals surface area contributed by atoms with Gasteiger partial charge in [0.2, 0.25) is 0 Å². The molecule has 0 fully saturated rings. The van der Waals surface area contributed by atoms with Crippen LogP contribution in [0.5, 0.6) is 0 Å². The summed E-state index contributed by atoms with van der Waals surface area (Å²) < 4.78 is 1.42.